The summed E-state index contributed by atoms with van der Waals surface area (Å²) in [6, 6.07) is 0. The summed E-state index contributed by atoms with van der Waals surface area (Å²) in [7, 11) is -4.64. The second-order valence-electron chi connectivity index (χ2n) is 3.38. The average molecular weight is 250 g/mol. The molecule has 0 aromatic rings. The van der Waals surface area contributed by atoms with Crippen molar-refractivity contribution in [2.24, 2.45) is 0 Å². The lowest BCUT2D eigenvalue weighted by molar-refractivity contribution is 0.275. The minimum atomic E-state index is -4.64. The number of unbranched alkanes of at least 4 members (excludes halogenated alkanes) is 5. The van der Waals surface area contributed by atoms with E-state index in [0.29, 0.717) is 0 Å². The Bertz CT molecular complexity index is 212. The molecule has 0 atom stereocenters. The highest BCUT2D eigenvalue weighted by molar-refractivity contribution is 7.45. The minimum absolute atomic E-state index is 1.22. The Morgan fingerprint density at radius 3 is 2.06 bits per heavy atom. The predicted octanol–water partition coefficient (Wildman–Crippen LogP) is 3.16. The van der Waals surface area contributed by atoms with Gasteiger partial charge in [-0.25, -0.2) is 4.57 Å². The van der Waals surface area contributed by atoms with Crippen molar-refractivity contribution in [3.63, 3.8) is 0 Å². The van der Waals surface area contributed by atoms with Crippen molar-refractivity contribution in [2.45, 2.75) is 45.4 Å². The van der Waals surface area contributed by atoms with Crippen molar-refractivity contribution in [1.82, 2.24) is 0 Å². The molecule has 0 aliphatic carbocycles. The molecule has 16 heavy (non-hydrogen) atoms. The fourth-order valence-corrected chi connectivity index (χ4v) is 1.06. The fourth-order valence-electron chi connectivity index (χ4n) is 1.06. The van der Waals surface area contributed by atoms with Crippen LogP contribution in [-0.2, 0) is 4.57 Å². The smallest absolute Gasteiger partial charge is 0.303 e. The molecule has 0 unspecified atom stereocenters. The van der Waals surface area contributed by atoms with E-state index in [9.17, 15) is 0 Å². The van der Waals surface area contributed by atoms with Crippen LogP contribution in [0.5, 0.6) is 0 Å². The SMILES string of the molecule is C=CC=CCCCCCCC.O=P(O)(O)O. The summed E-state index contributed by atoms with van der Waals surface area (Å²) >= 11 is 0. The molecule has 0 bridgehead atoms. The summed E-state index contributed by atoms with van der Waals surface area (Å²) in [5, 5.41) is 0. The average Bonchev–Trinajstić information content (AvgIpc) is 2.14. The molecule has 0 aromatic carbocycles. The van der Waals surface area contributed by atoms with Crippen LogP contribution in [0, 0.1) is 0 Å². The highest BCUT2D eigenvalue weighted by Crippen LogP contribution is 2.25. The third-order valence-corrected chi connectivity index (χ3v) is 1.75. The Kier molecular flexibility index (Phi) is 14.2. The molecule has 96 valence electrons. The number of allylic oxidation sites excluding steroid dienone is 3. The van der Waals surface area contributed by atoms with Gasteiger partial charge in [-0.2, -0.15) is 0 Å². The molecule has 0 fully saturated rings. The van der Waals surface area contributed by atoms with Crippen molar-refractivity contribution in [2.75, 3.05) is 0 Å². The van der Waals surface area contributed by atoms with E-state index in [1.54, 1.807) is 0 Å². The first kappa shape index (κ1) is 18.0. The maximum atomic E-state index is 8.88. The first-order valence-electron chi connectivity index (χ1n) is 5.47. The van der Waals surface area contributed by atoms with Gasteiger partial charge in [0.15, 0.2) is 0 Å². The molecule has 0 saturated carbocycles. The molecular weight excluding hydrogens is 227 g/mol. The zero-order chi connectivity index (χ0) is 12.9. The molecule has 0 aromatic heterocycles. The summed E-state index contributed by atoms with van der Waals surface area (Å²) in [5.74, 6) is 0. The van der Waals surface area contributed by atoms with Gasteiger partial charge in [0.25, 0.3) is 0 Å². The van der Waals surface area contributed by atoms with Gasteiger partial charge in [0.2, 0.25) is 0 Å². The van der Waals surface area contributed by atoms with Crippen molar-refractivity contribution in [1.29, 1.82) is 0 Å². The van der Waals surface area contributed by atoms with Crippen LogP contribution in [0.2, 0.25) is 0 Å². The van der Waals surface area contributed by atoms with Gasteiger partial charge in [-0.05, 0) is 12.8 Å². The van der Waals surface area contributed by atoms with Gasteiger partial charge in [0, 0.05) is 0 Å². The summed E-state index contributed by atoms with van der Waals surface area (Å²) < 4.78 is 8.88. The van der Waals surface area contributed by atoms with E-state index in [-0.39, 0.29) is 0 Å². The molecule has 0 saturated heterocycles. The standard InChI is InChI=1S/C11H20.H3O4P/c1-3-5-7-9-11-10-8-6-4-2;1-5(2,3)4/h3,5,7H,1,4,6,8-11H2,2H3;(H3,1,2,3,4). The van der Waals surface area contributed by atoms with Gasteiger partial charge < -0.3 is 14.7 Å². The van der Waals surface area contributed by atoms with Crippen molar-refractivity contribution >= 4 is 7.82 Å². The molecule has 0 amide bonds. The van der Waals surface area contributed by atoms with Gasteiger partial charge in [-0.3, -0.25) is 0 Å². The quantitative estimate of drug-likeness (QED) is 0.368. The van der Waals surface area contributed by atoms with E-state index in [1.165, 1.54) is 38.5 Å². The fraction of sp³-hybridized carbons (Fsp3) is 0.636. The third kappa shape index (κ3) is 37.4. The molecular formula is C11H23O4P. The van der Waals surface area contributed by atoms with E-state index in [0.717, 1.165) is 0 Å². The zero-order valence-corrected chi connectivity index (χ0v) is 10.8. The summed E-state index contributed by atoms with van der Waals surface area (Å²) in [6.07, 6.45) is 14.1. The van der Waals surface area contributed by atoms with Crippen molar-refractivity contribution in [3.05, 3.63) is 24.8 Å². The van der Waals surface area contributed by atoms with Crippen LogP contribution in [0.4, 0.5) is 0 Å². The molecule has 4 nitrogen and oxygen atoms in total. The Morgan fingerprint density at radius 1 is 1.12 bits per heavy atom. The lowest BCUT2D eigenvalue weighted by Crippen LogP contribution is -1.75. The Hall–Kier alpha value is -0.410. The second-order valence-corrected chi connectivity index (χ2v) is 4.41. The molecule has 0 aliphatic rings. The highest BCUT2D eigenvalue weighted by Gasteiger charge is 2.00. The maximum Gasteiger partial charge on any atom is 0.466 e. The minimum Gasteiger partial charge on any atom is -0.303 e. The van der Waals surface area contributed by atoms with E-state index in [1.807, 2.05) is 12.2 Å². The van der Waals surface area contributed by atoms with Crippen LogP contribution in [0.3, 0.4) is 0 Å². The molecule has 0 radical (unpaired) electrons. The summed E-state index contributed by atoms with van der Waals surface area (Å²) in [4.78, 5) is 21.6. The van der Waals surface area contributed by atoms with E-state index < -0.39 is 7.82 Å². The van der Waals surface area contributed by atoms with Crippen LogP contribution in [0.25, 0.3) is 0 Å². The van der Waals surface area contributed by atoms with Gasteiger partial charge in [-0.15, -0.1) is 0 Å². The molecule has 0 rings (SSSR count). The largest absolute Gasteiger partial charge is 0.466 e. The van der Waals surface area contributed by atoms with E-state index in [2.05, 4.69) is 19.6 Å². The van der Waals surface area contributed by atoms with Gasteiger partial charge in [-0.1, -0.05) is 57.4 Å². The second kappa shape index (κ2) is 12.7. The van der Waals surface area contributed by atoms with Crippen LogP contribution in [-0.4, -0.2) is 14.7 Å². The first-order valence-corrected chi connectivity index (χ1v) is 7.04. The normalized spacial score (nSPS) is 11.0. The highest BCUT2D eigenvalue weighted by atomic mass is 31.2. The zero-order valence-electron chi connectivity index (χ0n) is 9.88. The lowest BCUT2D eigenvalue weighted by atomic mass is 10.1. The van der Waals surface area contributed by atoms with Crippen LogP contribution < -0.4 is 0 Å². The Labute approximate surface area is 97.9 Å². The maximum absolute atomic E-state index is 8.88. The van der Waals surface area contributed by atoms with E-state index >= 15 is 0 Å². The van der Waals surface area contributed by atoms with Gasteiger partial charge >= 0.3 is 7.82 Å². The molecule has 3 N–H and O–H groups in total. The number of hydrogen-bond acceptors (Lipinski definition) is 1. The summed E-state index contributed by atoms with van der Waals surface area (Å²) in [5.41, 5.74) is 0. The Balaban J connectivity index is 0. The molecule has 0 heterocycles. The lowest BCUT2D eigenvalue weighted by Gasteiger charge is -1.95. The Morgan fingerprint density at radius 2 is 1.62 bits per heavy atom. The van der Waals surface area contributed by atoms with Crippen molar-refractivity contribution < 1.29 is 19.2 Å². The third-order valence-electron chi connectivity index (χ3n) is 1.75. The first-order chi connectivity index (χ1) is 7.41. The molecule has 5 heteroatoms. The van der Waals surface area contributed by atoms with Gasteiger partial charge in [0.1, 0.15) is 0 Å². The van der Waals surface area contributed by atoms with Gasteiger partial charge in [0.05, 0.1) is 0 Å². The van der Waals surface area contributed by atoms with Crippen LogP contribution in [0.15, 0.2) is 24.8 Å². The molecule has 0 aliphatic heterocycles. The van der Waals surface area contributed by atoms with E-state index in [4.69, 9.17) is 19.2 Å². The predicted molar refractivity (Wildman–Crippen MR) is 67.0 cm³/mol. The van der Waals surface area contributed by atoms with Crippen molar-refractivity contribution in [3.8, 4) is 0 Å². The topological polar surface area (TPSA) is 77.8 Å². The number of hydrogen-bond donors (Lipinski definition) is 3. The van der Waals surface area contributed by atoms with Crippen LogP contribution in [0.1, 0.15) is 45.4 Å². The number of phosphoric acid groups is 1. The number of rotatable bonds is 7. The monoisotopic (exact) mass is 250 g/mol. The molecule has 0 spiro atoms. The van der Waals surface area contributed by atoms with Crippen LogP contribution >= 0.6 is 7.82 Å². The summed E-state index contributed by atoms with van der Waals surface area (Å²) in [6.45, 7) is 5.87.